The molecular formula is C20H30IN7O. The van der Waals surface area contributed by atoms with Crippen LogP contribution in [-0.4, -0.2) is 64.8 Å². The smallest absolute Gasteiger partial charge is 0.253 e. The number of amides is 1. The Hall–Kier alpha value is -2.17. The molecule has 1 aromatic carbocycles. The Morgan fingerprint density at radius 1 is 1.38 bits per heavy atom. The van der Waals surface area contributed by atoms with E-state index in [-0.39, 0.29) is 35.9 Å². The summed E-state index contributed by atoms with van der Waals surface area (Å²) in [7, 11) is 3.53. The Morgan fingerprint density at radius 2 is 2.21 bits per heavy atom. The monoisotopic (exact) mass is 511 g/mol. The maximum atomic E-state index is 12.1. The second-order valence-corrected chi connectivity index (χ2v) is 7.15. The molecule has 0 aliphatic carbocycles. The van der Waals surface area contributed by atoms with Crippen molar-refractivity contribution in [2.75, 3.05) is 27.2 Å². The van der Waals surface area contributed by atoms with E-state index in [1.807, 2.05) is 28.9 Å². The second-order valence-electron chi connectivity index (χ2n) is 7.15. The van der Waals surface area contributed by atoms with Crippen LogP contribution >= 0.6 is 24.0 Å². The fourth-order valence-corrected chi connectivity index (χ4v) is 3.28. The highest BCUT2D eigenvalue weighted by molar-refractivity contribution is 14.0. The van der Waals surface area contributed by atoms with Crippen LogP contribution in [0.2, 0.25) is 0 Å². The van der Waals surface area contributed by atoms with E-state index in [1.54, 1.807) is 25.3 Å². The SMILES string of the molecule is CCNC(=NCCc1cccc(C(=O)N(C)C)c1)NC1CCc2ncnn2C1.I. The van der Waals surface area contributed by atoms with Crippen molar-refractivity contribution in [1.29, 1.82) is 0 Å². The molecule has 9 heteroatoms. The van der Waals surface area contributed by atoms with E-state index in [4.69, 9.17) is 4.99 Å². The normalized spacial score (nSPS) is 15.8. The summed E-state index contributed by atoms with van der Waals surface area (Å²) >= 11 is 0. The van der Waals surface area contributed by atoms with Gasteiger partial charge in [-0.3, -0.25) is 9.79 Å². The first-order valence-electron chi connectivity index (χ1n) is 9.79. The van der Waals surface area contributed by atoms with Crippen LogP contribution in [0.15, 0.2) is 35.6 Å². The topological polar surface area (TPSA) is 87.4 Å². The predicted octanol–water partition coefficient (Wildman–Crippen LogP) is 1.71. The number of nitrogens with one attached hydrogen (secondary N) is 2. The molecule has 3 rings (SSSR count). The first kappa shape index (κ1) is 23.1. The summed E-state index contributed by atoms with van der Waals surface area (Å²) in [6.45, 7) is 4.31. The molecule has 1 atom stereocenters. The van der Waals surface area contributed by atoms with Gasteiger partial charge in [-0.05, 0) is 37.5 Å². The zero-order valence-corrected chi connectivity index (χ0v) is 19.6. The third-order valence-electron chi connectivity index (χ3n) is 4.74. The third kappa shape index (κ3) is 6.41. The lowest BCUT2D eigenvalue weighted by atomic mass is 10.1. The van der Waals surface area contributed by atoms with E-state index in [1.165, 1.54) is 0 Å². The second kappa shape index (κ2) is 11.1. The molecule has 1 amide bonds. The maximum Gasteiger partial charge on any atom is 0.253 e. The summed E-state index contributed by atoms with van der Waals surface area (Å²) in [5.41, 5.74) is 1.82. The summed E-state index contributed by atoms with van der Waals surface area (Å²) in [6.07, 6.45) is 4.33. The highest BCUT2D eigenvalue weighted by Gasteiger charge is 2.20. The van der Waals surface area contributed by atoms with Crippen molar-refractivity contribution in [1.82, 2.24) is 30.3 Å². The molecule has 0 saturated heterocycles. The van der Waals surface area contributed by atoms with Gasteiger partial charge in [-0.15, -0.1) is 24.0 Å². The molecule has 0 saturated carbocycles. The van der Waals surface area contributed by atoms with Gasteiger partial charge in [0, 0.05) is 45.2 Å². The van der Waals surface area contributed by atoms with Crippen LogP contribution in [0.4, 0.5) is 0 Å². The summed E-state index contributed by atoms with van der Waals surface area (Å²) in [5, 5.41) is 11.1. The molecule has 0 fully saturated rings. The van der Waals surface area contributed by atoms with Crippen molar-refractivity contribution in [3.8, 4) is 0 Å². The summed E-state index contributed by atoms with van der Waals surface area (Å²) in [6, 6.07) is 8.05. The quantitative estimate of drug-likeness (QED) is 0.351. The maximum absolute atomic E-state index is 12.1. The van der Waals surface area contributed by atoms with Crippen LogP contribution in [0.5, 0.6) is 0 Å². The lowest BCUT2D eigenvalue weighted by Crippen LogP contribution is -2.47. The Kier molecular flexibility index (Phi) is 8.87. The molecule has 2 aromatic rings. The van der Waals surface area contributed by atoms with Gasteiger partial charge in [-0.2, -0.15) is 5.10 Å². The number of aliphatic imine (C=N–C) groups is 1. The number of hydrogen-bond acceptors (Lipinski definition) is 4. The van der Waals surface area contributed by atoms with Crippen molar-refractivity contribution in [3.63, 3.8) is 0 Å². The Bertz CT molecular complexity index is 834. The lowest BCUT2D eigenvalue weighted by Gasteiger charge is -2.25. The number of fused-ring (bicyclic) bond motifs is 1. The number of carbonyl (C=O) groups is 1. The summed E-state index contributed by atoms with van der Waals surface area (Å²) in [5.74, 6) is 1.88. The van der Waals surface area contributed by atoms with Crippen molar-refractivity contribution in [2.45, 2.75) is 38.8 Å². The molecule has 0 radical (unpaired) electrons. The van der Waals surface area contributed by atoms with Gasteiger partial charge in [0.15, 0.2) is 5.96 Å². The molecule has 29 heavy (non-hydrogen) atoms. The summed E-state index contributed by atoms with van der Waals surface area (Å²) < 4.78 is 1.96. The van der Waals surface area contributed by atoms with Gasteiger partial charge in [-0.25, -0.2) is 9.67 Å². The van der Waals surface area contributed by atoms with Crippen LogP contribution in [-0.2, 0) is 19.4 Å². The zero-order chi connectivity index (χ0) is 19.9. The van der Waals surface area contributed by atoms with E-state index < -0.39 is 0 Å². The number of aromatic nitrogens is 3. The van der Waals surface area contributed by atoms with Crippen molar-refractivity contribution < 1.29 is 4.79 Å². The molecule has 8 nitrogen and oxygen atoms in total. The van der Waals surface area contributed by atoms with Gasteiger partial charge in [0.25, 0.3) is 5.91 Å². The molecule has 1 aliphatic rings. The first-order chi connectivity index (χ1) is 13.6. The minimum atomic E-state index is 0. The van der Waals surface area contributed by atoms with Crippen LogP contribution in [0.25, 0.3) is 0 Å². The van der Waals surface area contributed by atoms with Gasteiger partial charge in [0.2, 0.25) is 0 Å². The Balaban J connectivity index is 0.00000300. The number of benzene rings is 1. The van der Waals surface area contributed by atoms with Gasteiger partial charge >= 0.3 is 0 Å². The minimum Gasteiger partial charge on any atom is -0.357 e. The molecule has 0 bridgehead atoms. The number of rotatable bonds is 6. The Morgan fingerprint density at radius 3 is 2.97 bits per heavy atom. The summed E-state index contributed by atoms with van der Waals surface area (Å²) in [4.78, 5) is 22.7. The number of carbonyl (C=O) groups excluding carboxylic acids is 1. The molecule has 2 heterocycles. The van der Waals surface area contributed by atoms with Crippen molar-refractivity contribution >= 4 is 35.8 Å². The number of aryl methyl sites for hydroxylation is 1. The molecule has 0 spiro atoms. The largest absolute Gasteiger partial charge is 0.357 e. The van der Waals surface area contributed by atoms with E-state index in [0.717, 1.165) is 49.7 Å². The average molecular weight is 511 g/mol. The highest BCUT2D eigenvalue weighted by Crippen LogP contribution is 2.11. The average Bonchev–Trinajstić information content (AvgIpc) is 3.15. The predicted molar refractivity (Wildman–Crippen MR) is 125 cm³/mol. The van der Waals surface area contributed by atoms with Crippen molar-refractivity contribution in [3.05, 3.63) is 47.5 Å². The molecule has 1 aromatic heterocycles. The molecule has 2 N–H and O–H groups in total. The zero-order valence-electron chi connectivity index (χ0n) is 17.3. The van der Waals surface area contributed by atoms with E-state index >= 15 is 0 Å². The van der Waals surface area contributed by atoms with Crippen molar-refractivity contribution in [2.24, 2.45) is 4.99 Å². The molecule has 158 valence electrons. The van der Waals surface area contributed by atoms with Gasteiger partial charge in [-0.1, -0.05) is 12.1 Å². The highest BCUT2D eigenvalue weighted by atomic mass is 127. The van der Waals surface area contributed by atoms with Gasteiger partial charge in [0.05, 0.1) is 6.54 Å². The fourth-order valence-electron chi connectivity index (χ4n) is 3.28. The van der Waals surface area contributed by atoms with Crippen LogP contribution in [0.3, 0.4) is 0 Å². The standard InChI is InChI=1S/C20H29N7O.HI/c1-4-21-20(25-17-8-9-18-23-14-24-27(18)13-17)22-11-10-15-6-5-7-16(12-15)19(28)26(2)3;/h5-7,12,14,17H,4,8-11,13H2,1-3H3,(H2,21,22,25);1H. The number of guanidine groups is 1. The fraction of sp³-hybridized carbons (Fsp3) is 0.500. The Labute approximate surface area is 189 Å². The minimum absolute atomic E-state index is 0. The van der Waals surface area contributed by atoms with Crippen LogP contribution in [0.1, 0.15) is 35.1 Å². The first-order valence-corrected chi connectivity index (χ1v) is 9.79. The molecular weight excluding hydrogens is 481 g/mol. The van der Waals surface area contributed by atoms with Crippen LogP contribution in [0, 0.1) is 0 Å². The number of halogens is 1. The molecule has 1 unspecified atom stereocenters. The van der Waals surface area contributed by atoms with E-state index in [0.29, 0.717) is 12.1 Å². The van der Waals surface area contributed by atoms with Gasteiger partial charge in [0.1, 0.15) is 12.2 Å². The van der Waals surface area contributed by atoms with Gasteiger partial charge < -0.3 is 15.5 Å². The lowest BCUT2D eigenvalue weighted by molar-refractivity contribution is 0.0827. The van der Waals surface area contributed by atoms with Crippen LogP contribution < -0.4 is 10.6 Å². The van der Waals surface area contributed by atoms with E-state index in [2.05, 4.69) is 27.6 Å². The molecule has 1 aliphatic heterocycles. The van der Waals surface area contributed by atoms with E-state index in [9.17, 15) is 4.79 Å². The third-order valence-corrected chi connectivity index (χ3v) is 4.74. The number of hydrogen-bond donors (Lipinski definition) is 2. The number of nitrogens with zero attached hydrogens (tertiary/aromatic N) is 5.